The van der Waals surface area contributed by atoms with Crippen LogP contribution in [0.15, 0.2) is 47.0 Å². The monoisotopic (exact) mass is 305 g/mol. The molecule has 1 nitrogen and oxygen atoms in total. The molecule has 1 heterocycles. The Morgan fingerprint density at radius 1 is 1.48 bits per heavy atom. The van der Waals surface area contributed by atoms with Crippen LogP contribution in [0.4, 0.5) is 3.89 Å². The first-order valence-electron chi connectivity index (χ1n) is 7.50. The minimum absolute atomic E-state index is 0.187. The number of hydrogen-bond acceptors (Lipinski definition) is 2. The Bertz CT molecular complexity index is 560. The van der Waals surface area contributed by atoms with Gasteiger partial charge in [0.15, 0.2) is 0 Å². The van der Waals surface area contributed by atoms with Crippen LogP contribution in [0.25, 0.3) is 0 Å². The summed E-state index contributed by atoms with van der Waals surface area (Å²) < 4.78 is 13.1. The molecule has 3 heteroatoms. The Balaban J connectivity index is 2.15. The Kier molecular flexibility index (Phi) is 5.15. The summed E-state index contributed by atoms with van der Waals surface area (Å²) in [6.07, 6.45) is 4.89. The van der Waals surface area contributed by atoms with E-state index in [0.717, 1.165) is 30.5 Å². The highest BCUT2D eigenvalue weighted by atomic mass is 32.2. The molecule has 0 aromatic heterocycles. The van der Waals surface area contributed by atoms with Crippen molar-refractivity contribution in [3.8, 4) is 0 Å². The second-order valence-electron chi connectivity index (χ2n) is 6.33. The summed E-state index contributed by atoms with van der Waals surface area (Å²) >= 11 is 0.332. The normalized spacial score (nSPS) is 18.8. The maximum Gasteiger partial charge on any atom is 0.0815 e. The maximum atomic E-state index is 13.1. The molecule has 0 atom stereocenters. The van der Waals surface area contributed by atoms with Gasteiger partial charge >= 0.3 is 0 Å². The van der Waals surface area contributed by atoms with Gasteiger partial charge in [0.2, 0.25) is 0 Å². The first-order valence-corrected chi connectivity index (χ1v) is 8.22. The van der Waals surface area contributed by atoms with Gasteiger partial charge in [0.25, 0.3) is 0 Å². The summed E-state index contributed by atoms with van der Waals surface area (Å²) in [5.74, 6) is 0. The first kappa shape index (κ1) is 16.2. The quantitative estimate of drug-likeness (QED) is 0.799. The standard InChI is InChI=1S/C18H24FNS/c1-5-14-6-7-15(16(12-14)21-19)10-13(2)11-17-18(3,4)8-9-20-17/h6-7,11-12,20H,2,5,8-10H2,1,3-4H3/b17-11-. The molecule has 0 aliphatic carbocycles. The van der Waals surface area contributed by atoms with E-state index in [4.69, 9.17) is 0 Å². The van der Waals surface area contributed by atoms with Gasteiger partial charge in [-0.25, -0.2) is 0 Å². The van der Waals surface area contributed by atoms with Gasteiger partial charge in [0.05, 0.1) is 12.1 Å². The van der Waals surface area contributed by atoms with E-state index in [9.17, 15) is 3.89 Å². The van der Waals surface area contributed by atoms with E-state index < -0.39 is 0 Å². The van der Waals surface area contributed by atoms with E-state index in [1.807, 2.05) is 12.1 Å². The molecule has 0 bridgehead atoms. The van der Waals surface area contributed by atoms with Crippen LogP contribution in [-0.4, -0.2) is 6.54 Å². The number of allylic oxidation sites excluding steroid dienone is 3. The van der Waals surface area contributed by atoms with Gasteiger partial charge in [-0.05, 0) is 48.1 Å². The number of rotatable bonds is 5. The lowest BCUT2D eigenvalue weighted by molar-refractivity contribution is 0.468. The van der Waals surface area contributed by atoms with Crippen LogP contribution in [0.2, 0.25) is 0 Å². The molecule has 1 saturated heterocycles. The van der Waals surface area contributed by atoms with Crippen molar-refractivity contribution in [1.82, 2.24) is 5.32 Å². The van der Waals surface area contributed by atoms with E-state index in [1.54, 1.807) is 0 Å². The van der Waals surface area contributed by atoms with Crippen LogP contribution in [0, 0.1) is 5.41 Å². The van der Waals surface area contributed by atoms with E-state index in [0.29, 0.717) is 23.5 Å². The molecule has 1 aromatic carbocycles. The Labute approximate surface area is 132 Å². The molecule has 1 aliphatic rings. The Morgan fingerprint density at radius 3 is 2.81 bits per heavy atom. The fourth-order valence-electron chi connectivity index (χ4n) is 2.67. The minimum Gasteiger partial charge on any atom is -0.388 e. The van der Waals surface area contributed by atoms with Crippen molar-refractivity contribution in [1.29, 1.82) is 0 Å². The Hall–Kier alpha value is -1.22. The van der Waals surface area contributed by atoms with Crippen LogP contribution in [-0.2, 0) is 12.8 Å². The fraction of sp³-hybridized carbons (Fsp3) is 0.444. The van der Waals surface area contributed by atoms with Crippen LogP contribution >= 0.6 is 12.1 Å². The molecule has 2 rings (SSSR count). The van der Waals surface area contributed by atoms with Gasteiger partial charge in [-0.1, -0.05) is 39.5 Å². The fourth-order valence-corrected chi connectivity index (χ4v) is 3.10. The lowest BCUT2D eigenvalue weighted by Crippen LogP contribution is -2.13. The largest absolute Gasteiger partial charge is 0.388 e. The zero-order chi connectivity index (χ0) is 15.5. The molecule has 0 radical (unpaired) electrons. The van der Waals surface area contributed by atoms with Crippen LogP contribution in [0.5, 0.6) is 0 Å². The van der Waals surface area contributed by atoms with E-state index in [1.165, 1.54) is 11.3 Å². The third-order valence-electron chi connectivity index (χ3n) is 4.18. The average Bonchev–Trinajstić information content (AvgIpc) is 2.78. The highest BCUT2D eigenvalue weighted by molar-refractivity contribution is 7.94. The van der Waals surface area contributed by atoms with Crippen molar-refractivity contribution in [3.05, 3.63) is 53.3 Å². The minimum atomic E-state index is 0.187. The van der Waals surface area contributed by atoms with Crippen LogP contribution in [0.3, 0.4) is 0 Å². The van der Waals surface area contributed by atoms with Crippen LogP contribution < -0.4 is 5.32 Å². The number of hydrogen-bond donors (Lipinski definition) is 1. The average molecular weight is 305 g/mol. The highest BCUT2D eigenvalue weighted by Gasteiger charge is 2.28. The summed E-state index contributed by atoms with van der Waals surface area (Å²) in [5, 5.41) is 3.43. The predicted octanol–water partition coefficient (Wildman–Crippen LogP) is 5.23. The molecule has 0 amide bonds. The van der Waals surface area contributed by atoms with Crippen molar-refractivity contribution in [2.45, 2.75) is 44.9 Å². The van der Waals surface area contributed by atoms with Gasteiger partial charge in [-0.3, -0.25) is 0 Å². The number of aryl methyl sites for hydroxylation is 1. The summed E-state index contributed by atoms with van der Waals surface area (Å²) in [7, 11) is 0. The molecular weight excluding hydrogens is 281 g/mol. The predicted molar refractivity (Wildman–Crippen MR) is 90.1 cm³/mol. The lowest BCUT2D eigenvalue weighted by Gasteiger charge is -2.19. The second kappa shape index (κ2) is 6.69. The molecule has 0 spiro atoms. The molecule has 1 aliphatic heterocycles. The van der Waals surface area contributed by atoms with Gasteiger partial charge in [-0.2, -0.15) is 3.89 Å². The molecule has 114 valence electrons. The molecule has 0 saturated carbocycles. The summed E-state index contributed by atoms with van der Waals surface area (Å²) in [6.45, 7) is 11.7. The van der Waals surface area contributed by atoms with Gasteiger partial charge in [0.1, 0.15) is 0 Å². The molecule has 1 aromatic rings. The Morgan fingerprint density at radius 2 is 2.24 bits per heavy atom. The van der Waals surface area contributed by atoms with Crippen LogP contribution in [0.1, 0.15) is 38.3 Å². The maximum absolute atomic E-state index is 13.1. The molecule has 21 heavy (non-hydrogen) atoms. The summed E-state index contributed by atoms with van der Waals surface area (Å²) in [6, 6.07) is 6.04. The van der Waals surface area contributed by atoms with E-state index in [2.05, 4.69) is 44.8 Å². The van der Waals surface area contributed by atoms with Gasteiger partial charge in [0, 0.05) is 22.6 Å². The van der Waals surface area contributed by atoms with Crippen molar-refractivity contribution in [2.75, 3.05) is 6.54 Å². The number of nitrogens with one attached hydrogen (secondary N) is 1. The summed E-state index contributed by atoms with van der Waals surface area (Å²) in [5.41, 5.74) is 4.63. The van der Waals surface area contributed by atoms with Crippen molar-refractivity contribution >= 4 is 12.1 Å². The van der Waals surface area contributed by atoms with Crippen molar-refractivity contribution in [2.24, 2.45) is 5.41 Å². The zero-order valence-electron chi connectivity index (χ0n) is 13.1. The molecular formula is C18H24FNS. The molecule has 0 unspecified atom stereocenters. The molecule has 1 fully saturated rings. The van der Waals surface area contributed by atoms with Gasteiger partial charge in [-0.15, -0.1) is 0 Å². The molecule has 1 N–H and O–H groups in total. The van der Waals surface area contributed by atoms with Gasteiger partial charge < -0.3 is 5.32 Å². The third kappa shape index (κ3) is 3.91. The smallest absolute Gasteiger partial charge is 0.0815 e. The lowest BCUT2D eigenvalue weighted by atomic mass is 9.88. The highest BCUT2D eigenvalue weighted by Crippen LogP contribution is 2.34. The van der Waals surface area contributed by atoms with E-state index >= 15 is 0 Å². The zero-order valence-corrected chi connectivity index (χ0v) is 13.9. The van der Waals surface area contributed by atoms with Crippen molar-refractivity contribution in [3.63, 3.8) is 0 Å². The first-order chi connectivity index (χ1) is 9.96. The number of halogens is 1. The third-order valence-corrected chi connectivity index (χ3v) is 4.73. The topological polar surface area (TPSA) is 12.0 Å². The number of benzene rings is 1. The van der Waals surface area contributed by atoms with E-state index in [-0.39, 0.29) is 5.41 Å². The van der Waals surface area contributed by atoms with Crippen molar-refractivity contribution < 1.29 is 3.89 Å². The summed E-state index contributed by atoms with van der Waals surface area (Å²) in [4.78, 5) is 0.715. The SMILES string of the molecule is C=C(/C=C1\NCCC1(C)C)Cc1ccc(CC)cc1SF. The second-order valence-corrected chi connectivity index (χ2v) is 6.92.